The molecule has 0 saturated carbocycles. The minimum atomic E-state index is -0.124. The van der Waals surface area contributed by atoms with Gasteiger partial charge in [-0.05, 0) is 23.6 Å². The molecule has 0 atom stereocenters. The smallest absolute Gasteiger partial charge is 0.222 e. The van der Waals surface area contributed by atoms with Gasteiger partial charge in [0, 0.05) is 12.8 Å². The van der Waals surface area contributed by atoms with Crippen LogP contribution in [0.1, 0.15) is 36.4 Å². The van der Waals surface area contributed by atoms with E-state index in [9.17, 15) is 4.79 Å². The molecule has 0 amide bonds. The molecule has 2 aromatic heterocycles. The van der Waals surface area contributed by atoms with Crippen molar-refractivity contribution < 1.29 is 9.21 Å². The van der Waals surface area contributed by atoms with Crippen molar-refractivity contribution in [3.05, 3.63) is 47.2 Å². The molecular weight excluding hydrogens is 290 g/mol. The maximum absolute atomic E-state index is 12.4. The van der Waals surface area contributed by atoms with Gasteiger partial charge in [0.15, 0.2) is 5.78 Å². The van der Waals surface area contributed by atoms with Crippen molar-refractivity contribution in [2.45, 2.75) is 26.7 Å². The van der Waals surface area contributed by atoms with Crippen molar-refractivity contribution in [2.24, 2.45) is 5.41 Å². The van der Waals surface area contributed by atoms with Crippen LogP contribution in [0.3, 0.4) is 0 Å². The van der Waals surface area contributed by atoms with Gasteiger partial charge in [-0.1, -0.05) is 26.0 Å². The van der Waals surface area contributed by atoms with E-state index in [1.54, 1.807) is 6.07 Å². The van der Waals surface area contributed by atoms with Crippen LogP contribution in [0.2, 0.25) is 0 Å². The summed E-state index contributed by atoms with van der Waals surface area (Å²) in [5.74, 6) is 1.23. The quantitative estimate of drug-likeness (QED) is 0.722. The van der Waals surface area contributed by atoms with Gasteiger partial charge in [-0.3, -0.25) is 10.2 Å². The molecule has 0 fully saturated rings. The van der Waals surface area contributed by atoms with Crippen molar-refractivity contribution in [1.29, 1.82) is 5.41 Å². The van der Waals surface area contributed by atoms with Crippen molar-refractivity contribution in [3.63, 3.8) is 0 Å². The van der Waals surface area contributed by atoms with Crippen LogP contribution in [0.25, 0.3) is 22.4 Å². The third-order valence-electron chi connectivity index (χ3n) is 4.28. The van der Waals surface area contributed by atoms with E-state index in [0.29, 0.717) is 35.6 Å². The fourth-order valence-electron chi connectivity index (χ4n) is 3.17. The number of carbonyl (C=O) groups excluding carboxylic acids is 1. The fraction of sp³-hybridized carbons (Fsp3) is 0.278. The van der Waals surface area contributed by atoms with Gasteiger partial charge in [0.1, 0.15) is 11.6 Å². The van der Waals surface area contributed by atoms with E-state index < -0.39 is 0 Å². The van der Waals surface area contributed by atoms with Crippen LogP contribution < -0.4 is 5.55 Å². The number of H-pyrrole nitrogens is 1. The summed E-state index contributed by atoms with van der Waals surface area (Å²) >= 11 is 0. The Morgan fingerprint density at radius 2 is 2.00 bits per heavy atom. The van der Waals surface area contributed by atoms with Gasteiger partial charge in [0.2, 0.25) is 5.55 Å². The van der Waals surface area contributed by atoms with E-state index in [1.807, 2.05) is 38.1 Å². The molecule has 3 aromatic rings. The number of aromatic amines is 1. The second kappa shape index (κ2) is 4.65. The zero-order valence-corrected chi connectivity index (χ0v) is 13.1. The summed E-state index contributed by atoms with van der Waals surface area (Å²) in [6, 6.07) is 9.42. The molecule has 5 heteroatoms. The topological polar surface area (TPSA) is 82.7 Å². The summed E-state index contributed by atoms with van der Waals surface area (Å²) in [7, 11) is 0. The van der Waals surface area contributed by atoms with Crippen LogP contribution in [0, 0.1) is 10.8 Å². The lowest BCUT2D eigenvalue weighted by Gasteiger charge is -2.28. The number of ketones is 1. The lowest BCUT2D eigenvalue weighted by molar-refractivity contribution is 0.0897. The summed E-state index contributed by atoms with van der Waals surface area (Å²) in [5.41, 5.74) is 2.73. The Balaban J connectivity index is 1.89. The van der Waals surface area contributed by atoms with Crippen molar-refractivity contribution in [3.8, 4) is 11.4 Å². The SMILES string of the molecule is CC1(C)CC(=O)c2cc(-c3nc4ccccc4[nH]3)c(=N)oc2C1. The molecule has 2 N–H and O–H groups in total. The molecule has 2 heterocycles. The minimum Gasteiger partial charge on any atom is -0.442 e. The number of hydrogen-bond donors (Lipinski definition) is 2. The number of nitrogens with one attached hydrogen (secondary N) is 2. The first-order chi connectivity index (χ1) is 10.9. The van der Waals surface area contributed by atoms with Crippen LogP contribution in [-0.2, 0) is 6.42 Å². The van der Waals surface area contributed by atoms with Gasteiger partial charge >= 0.3 is 0 Å². The van der Waals surface area contributed by atoms with Crippen LogP contribution in [0.5, 0.6) is 0 Å². The molecule has 0 radical (unpaired) electrons. The average molecular weight is 307 g/mol. The highest BCUT2D eigenvalue weighted by atomic mass is 16.3. The molecule has 0 saturated heterocycles. The van der Waals surface area contributed by atoms with E-state index in [2.05, 4.69) is 9.97 Å². The molecule has 23 heavy (non-hydrogen) atoms. The predicted octanol–water partition coefficient (Wildman–Crippen LogP) is 3.46. The number of aromatic nitrogens is 2. The van der Waals surface area contributed by atoms with Crippen LogP contribution in [-0.4, -0.2) is 15.8 Å². The number of Topliss-reactive ketones (excluding diaryl/α,β-unsaturated/α-hetero) is 1. The van der Waals surface area contributed by atoms with E-state index in [-0.39, 0.29) is 16.8 Å². The number of para-hydroxylation sites is 2. The summed E-state index contributed by atoms with van der Waals surface area (Å²) < 4.78 is 5.67. The van der Waals surface area contributed by atoms with E-state index in [0.717, 1.165) is 11.0 Å². The Labute approximate surface area is 132 Å². The lowest BCUT2D eigenvalue weighted by Crippen LogP contribution is -2.28. The number of nitrogens with zero attached hydrogens (tertiary/aromatic N) is 1. The van der Waals surface area contributed by atoms with Gasteiger partial charge in [-0.25, -0.2) is 4.98 Å². The Morgan fingerprint density at radius 3 is 2.78 bits per heavy atom. The Morgan fingerprint density at radius 1 is 1.22 bits per heavy atom. The van der Waals surface area contributed by atoms with Gasteiger partial charge in [-0.15, -0.1) is 0 Å². The zero-order chi connectivity index (χ0) is 16.2. The Hall–Kier alpha value is -2.69. The molecule has 1 aliphatic rings. The molecule has 0 spiro atoms. The third-order valence-corrected chi connectivity index (χ3v) is 4.28. The molecule has 4 rings (SSSR count). The number of carbonyl (C=O) groups is 1. The molecule has 0 unspecified atom stereocenters. The van der Waals surface area contributed by atoms with E-state index in [4.69, 9.17) is 9.83 Å². The van der Waals surface area contributed by atoms with E-state index in [1.165, 1.54) is 0 Å². The molecule has 0 aliphatic heterocycles. The van der Waals surface area contributed by atoms with Gasteiger partial charge in [0.05, 0.1) is 22.2 Å². The predicted molar refractivity (Wildman–Crippen MR) is 86.1 cm³/mol. The average Bonchev–Trinajstić information content (AvgIpc) is 2.88. The zero-order valence-electron chi connectivity index (χ0n) is 13.1. The number of rotatable bonds is 1. The number of benzene rings is 1. The molecular formula is C18H17N3O2. The van der Waals surface area contributed by atoms with Gasteiger partial charge in [0.25, 0.3) is 0 Å². The minimum absolute atomic E-state index is 0.0355. The molecule has 1 aliphatic carbocycles. The first kappa shape index (κ1) is 13.9. The highest BCUT2D eigenvalue weighted by Gasteiger charge is 2.33. The second-order valence-corrected chi connectivity index (χ2v) is 6.87. The molecule has 5 nitrogen and oxygen atoms in total. The molecule has 0 bridgehead atoms. The molecule has 116 valence electrons. The normalized spacial score (nSPS) is 16.5. The van der Waals surface area contributed by atoms with Crippen LogP contribution in [0.15, 0.2) is 34.7 Å². The number of hydrogen-bond acceptors (Lipinski definition) is 4. The summed E-state index contributed by atoms with van der Waals surface area (Å²) in [6.45, 7) is 4.08. The monoisotopic (exact) mass is 307 g/mol. The number of fused-ring (bicyclic) bond motifs is 2. The van der Waals surface area contributed by atoms with Crippen molar-refractivity contribution in [2.75, 3.05) is 0 Å². The number of imidazole rings is 1. The highest BCUT2D eigenvalue weighted by Crippen LogP contribution is 2.35. The van der Waals surface area contributed by atoms with Crippen molar-refractivity contribution >= 4 is 16.8 Å². The summed E-state index contributed by atoms with van der Waals surface area (Å²) in [6.07, 6.45) is 1.16. The second-order valence-electron chi connectivity index (χ2n) is 6.87. The first-order valence-corrected chi connectivity index (χ1v) is 7.63. The maximum Gasteiger partial charge on any atom is 0.222 e. The van der Waals surface area contributed by atoms with Crippen LogP contribution in [0.4, 0.5) is 0 Å². The summed E-state index contributed by atoms with van der Waals surface area (Å²) in [4.78, 5) is 20.1. The summed E-state index contributed by atoms with van der Waals surface area (Å²) in [5, 5.41) is 8.18. The third kappa shape index (κ3) is 2.29. The van der Waals surface area contributed by atoms with Crippen molar-refractivity contribution in [1.82, 2.24) is 9.97 Å². The lowest BCUT2D eigenvalue weighted by atomic mass is 9.76. The van der Waals surface area contributed by atoms with Gasteiger partial charge in [-0.2, -0.15) is 0 Å². The fourth-order valence-corrected chi connectivity index (χ4v) is 3.17. The largest absolute Gasteiger partial charge is 0.442 e. The van der Waals surface area contributed by atoms with Crippen LogP contribution >= 0.6 is 0 Å². The highest BCUT2D eigenvalue weighted by molar-refractivity contribution is 5.99. The Kier molecular flexibility index (Phi) is 2.82. The maximum atomic E-state index is 12.4. The standard InChI is InChI=1S/C18H17N3O2/c1-18(2)8-14(22)10-7-11(16(19)23-15(10)9-18)17-20-12-5-3-4-6-13(12)21-17/h3-7,19H,8-9H2,1-2H3,(H,20,21). The Bertz CT molecular complexity index is 962. The molecule has 1 aromatic carbocycles. The van der Waals surface area contributed by atoms with E-state index >= 15 is 0 Å². The van der Waals surface area contributed by atoms with Gasteiger partial charge < -0.3 is 9.40 Å². The first-order valence-electron chi connectivity index (χ1n) is 7.63.